The Morgan fingerprint density at radius 3 is 2.81 bits per heavy atom. The molecule has 1 aromatic heterocycles. The Morgan fingerprint density at radius 1 is 1.33 bits per heavy atom. The Balaban J connectivity index is 1.82. The van der Waals surface area contributed by atoms with Crippen molar-refractivity contribution >= 4 is 5.91 Å². The molecule has 0 saturated heterocycles. The van der Waals surface area contributed by atoms with Crippen LogP contribution in [0, 0.1) is 0 Å². The average molecular weight is 287 g/mol. The van der Waals surface area contributed by atoms with Gasteiger partial charge in [0, 0.05) is 31.6 Å². The average Bonchev–Trinajstić information content (AvgIpc) is 2.97. The SMILES string of the molecule is CNCC(=O)N(C)CCCc1cc(-c2ccccc2)no1. The van der Waals surface area contributed by atoms with Crippen LogP contribution in [0.2, 0.25) is 0 Å². The molecule has 2 rings (SSSR count). The molecule has 0 fully saturated rings. The second-order valence-corrected chi connectivity index (χ2v) is 4.99. The Labute approximate surface area is 124 Å². The molecule has 1 N–H and O–H groups in total. The summed E-state index contributed by atoms with van der Waals surface area (Å²) in [5.41, 5.74) is 1.90. The van der Waals surface area contributed by atoms with Crippen LogP contribution in [-0.2, 0) is 11.2 Å². The van der Waals surface area contributed by atoms with Gasteiger partial charge in [0.1, 0.15) is 11.5 Å². The molecule has 2 aromatic rings. The monoisotopic (exact) mass is 287 g/mol. The van der Waals surface area contributed by atoms with Crippen LogP contribution in [0.1, 0.15) is 12.2 Å². The minimum Gasteiger partial charge on any atom is -0.361 e. The molecule has 1 heterocycles. The van der Waals surface area contributed by atoms with Crippen molar-refractivity contribution in [3.8, 4) is 11.3 Å². The van der Waals surface area contributed by atoms with E-state index in [0.29, 0.717) is 13.1 Å². The van der Waals surface area contributed by atoms with Gasteiger partial charge in [-0.15, -0.1) is 0 Å². The van der Waals surface area contributed by atoms with Gasteiger partial charge in [-0.05, 0) is 13.5 Å². The quantitative estimate of drug-likeness (QED) is 0.845. The van der Waals surface area contributed by atoms with Crippen molar-refractivity contribution in [3.63, 3.8) is 0 Å². The molecule has 112 valence electrons. The number of hydrogen-bond donors (Lipinski definition) is 1. The van der Waals surface area contributed by atoms with E-state index in [9.17, 15) is 4.79 Å². The van der Waals surface area contributed by atoms with E-state index in [-0.39, 0.29) is 5.91 Å². The smallest absolute Gasteiger partial charge is 0.236 e. The summed E-state index contributed by atoms with van der Waals surface area (Å²) in [4.78, 5) is 13.3. The summed E-state index contributed by atoms with van der Waals surface area (Å²) in [5, 5.41) is 6.94. The maximum Gasteiger partial charge on any atom is 0.236 e. The van der Waals surface area contributed by atoms with Gasteiger partial charge in [-0.1, -0.05) is 35.5 Å². The van der Waals surface area contributed by atoms with Crippen LogP contribution in [0.25, 0.3) is 11.3 Å². The molecule has 0 radical (unpaired) electrons. The standard InChI is InChI=1S/C16H21N3O2/c1-17-12-16(20)19(2)10-6-9-14-11-15(18-21-14)13-7-4-3-5-8-13/h3-5,7-8,11,17H,6,9-10,12H2,1-2H3. The molecular formula is C16H21N3O2. The molecule has 0 spiro atoms. The van der Waals surface area contributed by atoms with Crippen molar-refractivity contribution in [3.05, 3.63) is 42.2 Å². The van der Waals surface area contributed by atoms with Gasteiger partial charge in [0.2, 0.25) is 5.91 Å². The highest BCUT2D eigenvalue weighted by atomic mass is 16.5. The third-order valence-electron chi connectivity index (χ3n) is 3.30. The second-order valence-electron chi connectivity index (χ2n) is 4.99. The predicted octanol–water partition coefficient (Wildman–Crippen LogP) is 1.95. The molecule has 21 heavy (non-hydrogen) atoms. The minimum absolute atomic E-state index is 0.0973. The lowest BCUT2D eigenvalue weighted by Gasteiger charge is -2.16. The summed E-state index contributed by atoms with van der Waals surface area (Å²) in [5.74, 6) is 0.948. The zero-order valence-electron chi connectivity index (χ0n) is 12.5. The summed E-state index contributed by atoms with van der Waals surface area (Å²) < 4.78 is 5.34. The number of benzene rings is 1. The summed E-state index contributed by atoms with van der Waals surface area (Å²) in [7, 11) is 3.58. The van der Waals surface area contributed by atoms with Gasteiger partial charge in [0.25, 0.3) is 0 Å². The number of nitrogens with one attached hydrogen (secondary N) is 1. The fourth-order valence-corrected chi connectivity index (χ4v) is 2.08. The van der Waals surface area contributed by atoms with E-state index in [2.05, 4.69) is 10.5 Å². The lowest BCUT2D eigenvalue weighted by atomic mass is 10.1. The third-order valence-corrected chi connectivity index (χ3v) is 3.30. The second kappa shape index (κ2) is 7.59. The van der Waals surface area contributed by atoms with E-state index in [0.717, 1.165) is 29.9 Å². The van der Waals surface area contributed by atoms with Crippen LogP contribution in [0.5, 0.6) is 0 Å². The molecule has 0 aliphatic rings. The number of likely N-dealkylation sites (N-methyl/N-ethyl adjacent to an activating group) is 2. The highest BCUT2D eigenvalue weighted by Gasteiger charge is 2.09. The number of rotatable bonds is 7. The number of carbonyl (C=O) groups excluding carboxylic acids is 1. The van der Waals surface area contributed by atoms with Crippen LogP contribution >= 0.6 is 0 Å². The molecule has 0 saturated carbocycles. The third kappa shape index (κ3) is 4.43. The van der Waals surface area contributed by atoms with E-state index >= 15 is 0 Å². The van der Waals surface area contributed by atoms with Gasteiger partial charge in [-0.3, -0.25) is 4.79 Å². The van der Waals surface area contributed by atoms with Gasteiger partial charge in [0.15, 0.2) is 0 Å². The van der Waals surface area contributed by atoms with Crippen molar-refractivity contribution in [1.29, 1.82) is 0 Å². The zero-order valence-corrected chi connectivity index (χ0v) is 12.5. The number of nitrogens with zero attached hydrogens (tertiary/aromatic N) is 2. The van der Waals surface area contributed by atoms with E-state index in [1.165, 1.54) is 0 Å². The zero-order chi connectivity index (χ0) is 15.1. The van der Waals surface area contributed by atoms with Gasteiger partial charge in [-0.2, -0.15) is 0 Å². The predicted molar refractivity (Wildman–Crippen MR) is 81.8 cm³/mol. The maximum atomic E-state index is 11.6. The topological polar surface area (TPSA) is 58.4 Å². The first-order valence-electron chi connectivity index (χ1n) is 7.10. The summed E-state index contributed by atoms with van der Waals surface area (Å²) >= 11 is 0. The summed E-state index contributed by atoms with van der Waals surface area (Å²) in [6.45, 7) is 1.08. The summed E-state index contributed by atoms with van der Waals surface area (Å²) in [6, 6.07) is 11.9. The summed E-state index contributed by atoms with van der Waals surface area (Å²) in [6.07, 6.45) is 1.63. The Hall–Kier alpha value is -2.14. The lowest BCUT2D eigenvalue weighted by Crippen LogP contribution is -2.34. The van der Waals surface area contributed by atoms with Gasteiger partial charge < -0.3 is 14.7 Å². The number of carbonyl (C=O) groups is 1. The van der Waals surface area contributed by atoms with Crippen LogP contribution in [0.4, 0.5) is 0 Å². The van der Waals surface area contributed by atoms with Crippen LogP contribution in [0.3, 0.4) is 0 Å². The molecule has 0 atom stereocenters. The van der Waals surface area contributed by atoms with E-state index < -0.39 is 0 Å². The Morgan fingerprint density at radius 2 is 2.10 bits per heavy atom. The molecule has 5 nitrogen and oxygen atoms in total. The van der Waals surface area contributed by atoms with Gasteiger partial charge >= 0.3 is 0 Å². The number of hydrogen-bond acceptors (Lipinski definition) is 4. The minimum atomic E-state index is 0.0973. The van der Waals surface area contributed by atoms with Crippen LogP contribution in [0.15, 0.2) is 40.9 Å². The first-order valence-corrected chi connectivity index (χ1v) is 7.10. The fraction of sp³-hybridized carbons (Fsp3) is 0.375. The number of aryl methyl sites for hydroxylation is 1. The largest absolute Gasteiger partial charge is 0.361 e. The van der Waals surface area contributed by atoms with Crippen molar-refractivity contribution in [2.75, 3.05) is 27.2 Å². The van der Waals surface area contributed by atoms with Gasteiger partial charge in [-0.25, -0.2) is 0 Å². The highest BCUT2D eigenvalue weighted by Crippen LogP contribution is 2.19. The Kier molecular flexibility index (Phi) is 5.51. The molecule has 0 bridgehead atoms. The molecule has 1 aromatic carbocycles. The normalized spacial score (nSPS) is 10.6. The van der Waals surface area contributed by atoms with E-state index in [1.54, 1.807) is 11.9 Å². The molecule has 1 amide bonds. The molecule has 0 aliphatic heterocycles. The first kappa shape index (κ1) is 15.3. The fourth-order valence-electron chi connectivity index (χ4n) is 2.08. The molecule has 5 heteroatoms. The van der Waals surface area contributed by atoms with Crippen molar-refractivity contribution in [2.24, 2.45) is 0 Å². The van der Waals surface area contributed by atoms with Crippen molar-refractivity contribution < 1.29 is 9.32 Å². The van der Waals surface area contributed by atoms with E-state index in [1.807, 2.05) is 43.4 Å². The number of amides is 1. The highest BCUT2D eigenvalue weighted by molar-refractivity contribution is 5.77. The van der Waals surface area contributed by atoms with E-state index in [4.69, 9.17) is 4.52 Å². The maximum absolute atomic E-state index is 11.6. The molecule has 0 aliphatic carbocycles. The number of aromatic nitrogens is 1. The Bertz CT molecular complexity index is 566. The first-order chi connectivity index (χ1) is 10.2. The van der Waals surface area contributed by atoms with Crippen molar-refractivity contribution in [1.82, 2.24) is 15.4 Å². The van der Waals surface area contributed by atoms with Crippen LogP contribution < -0.4 is 5.32 Å². The molecular weight excluding hydrogens is 266 g/mol. The molecule has 0 unspecified atom stereocenters. The van der Waals surface area contributed by atoms with Gasteiger partial charge in [0.05, 0.1) is 6.54 Å². The van der Waals surface area contributed by atoms with Crippen molar-refractivity contribution in [2.45, 2.75) is 12.8 Å². The van der Waals surface area contributed by atoms with Crippen LogP contribution in [-0.4, -0.2) is 43.1 Å². The lowest BCUT2D eigenvalue weighted by molar-refractivity contribution is -0.128.